The average molecular weight is 303 g/mol. The molecule has 0 radical (unpaired) electrons. The van der Waals surface area contributed by atoms with Gasteiger partial charge in [0.2, 0.25) is 0 Å². The van der Waals surface area contributed by atoms with Gasteiger partial charge in [-0.05, 0) is 30.3 Å². The first-order valence-electron chi connectivity index (χ1n) is 5.93. The topological polar surface area (TPSA) is 105 Å². The van der Waals surface area contributed by atoms with Crippen molar-refractivity contribution < 1.29 is 13.2 Å². The zero-order valence-corrected chi connectivity index (χ0v) is 12.0. The molecule has 6 nitrogen and oxygen atoms in total. The zero-order valence-electron chi connectivity index (χ0n) is 11.2. The molecule has 2 aromatic carbocycles. The minimum atomic E-state index is -3.88. The fourth-order valence-corrected chi connectivity index (χ4v) is 2.95. The number of anilines is 2. The van der Waals surface area contributed by atoms with Gasteiger partial charge in [0.05, 0.1) is 18.4 Å². The predicted octanol–water partition coefficient (Wildman–Crippen LogP) is 1.95. The Labute approximate surface area is 122 Å². The van der Waals surface area contributed by atoms with E-state index in [1.54, 1.807) is 24.3 Å². The highest BCUT2D eigenvalue weighted by molar-refractivity contribution is 7.92. The molecule has 0 saturated heterocycles. The number of hydrogen-bond acceptors (Lipinski definition) is 5. The quantitative estimate of drug-likeness (QED) is 0.840. The number of sulfonamides is 1. The number of ether oxygens (including phenoxy) is 1. The molecule has 0 aromatic heterocycles. The fraction of sp³-hybridized carbons (Fsp3) is 0.0714. The second kappa shape index (κ2) is 5.73. The van der Waals surface area contributed by atoms with Crippen molar-refractivity contribution in [3.63, 3.8) is 0 Å². The third-order valence-corrected chi connectivity index (χ3v) is 4.17. The van der Waals surface area contributed by atoms with Gasteiger partial charge in [0, 0.05) is 11.8 Å². The van der Waals surface area contributed by atoms with Crippen LogP contribution >= 0.6 is 0 Å². The van der Waals surface area contributed by atoms with Crippen LogP contribution in [0.2, 0.25) is 0 Å². The highest BCUT2D eigenvalue weighted by atomic mass is 32.2. The van der Waals surface area contributed by atoms with Crippen molar-refractivity contribution >= 4 is 21.4 Å². The van der Waals surface area contributed by atoms with Gasteiger partial charge in [-0.15, -0.1) is 0 Å². The van der Waals surface area contributed by atoms with Gasteiger partial charge in [0.15, 0.2) is 0 Å². The monoisotopic (exact) mass is 303 g/mol. The lowest BCUT2D eigenvalue weighted by Crippen LogP contribution is -2.14. The molecule has 0 aliphatic carbocycles. The first-order valence-corrected chi connectivity index (χ1v) is 7.41. The maximum absolute atomic E-state index is 12.3. The van der Waals surface area contributed by atoms with E-state index in [1.807, 2.05) is 6.07 Å². The van der Waals surface area contributed by atoms with Gasteiger partial charge in [0.25, 0.3) is 10.0 Å². The Morgan fingerprint density at radius 1 is 1.24 bits per heavy atom. The Kier molecular flexibility index (Phi) is 4.00. The summed E-state index contributed by atoms with van der Waals surface area (Å²) in [5, 5.41) is 9.04. The number of hydrogen-bond donors (Lipinski definition) is 2. The third-order valence-electron chi connectivity index (χ3n) is 2.74. The first-order chi connectivity index (χ1) is 9.96. The van der Waals surface area contributed by atoms with Crippen molar-refractivity contribution in [2.24, 2.45) is 0 Å². The van der Waals surface area contributed by atoms with E-state index >= 15 is 0 Å². The summed E-state index contributed by atoms with van der Waals surface area (Å²) < 4.78 is 32.1. The summed E-state index contributed by atoms with van der Waals surface area (Å²) in [6.07, 6.45) is 0. The van der Waals surface area contributed by atoms with E-state index < -0.39 is 10.0 Å². The highest BCUT2D eigenvalue weighted by Crippen LogP contribution is 2.23. The molecule has 21 heavy (non-hydrogen) atoms. The van der Waals surface area contributed by atoms with Crippen molar-refractivity contribution in [1.82, 2.24) is 0 Å². The molecule has 0 aliphatic heterocycles. The van der Waals surface area contributed by atoms with Gasteiger partial charge in [-0.3, -0.25) is 4.72 Å². The first kappa shape index (κ1) is 14.7. The van der Waals surface area contributed by atoms with Crippen molar-refractivity contribution in [3.8, 4) is 11.8 Å². The minimum Gasteiger partial charge on any atom is -0.497 e. The minimum absolute atomic E-state index is 0.00889. The molecule has 2 rings (SSSR count). The highest BCUT2D eigenvalue weighted by Gasteiger charge is 2.19. The number of nitrogens with one attached hydrogen (secondary N) is 1. The molecule has 0 spiro atoms. The molecule has 0 amide bonds. The summed E-state index contributed by atoms with van der Waals surface area (Å²) in [5.41, 5.74) is 6.21. The molecule has 0 saturated carbocycles. The Morgan fingerprint density at radius 3 is 2.67 bits per heavy atom. The molecular formula is C14H13N3O3S. The van der Waals surface area contributed by atoms with Crippen molar-refractivity contribution in [3.05, 3.63) is 48.0 Å². The lowest BCUT2D eigenvalue weighted by molar-refractivity contribution is 0.415. The van der Waals surface area contributed by atoms with Crippen LogP contribution < -0.4 is 15.2 Å². The average Bonchev–Trinajstić information content (AvgIpc) is 2.46. The largest absolute Gasteiger partial charge is 0.497 e. The van der Waals surface area contributed by atoms with E-state index in [2.05, 4.69) is 4.72 Å². The molecule has 0 heterocycles. The van der Waals surface area contributed by atoms with Gasteiger partial charge < -0.3 is 10.5 Å². The van der Waals surface area contributed by atoms with Gasteiger partial charge >= 0.3 is 0 Å². The SMILES string of the molecule is COc1cccc(NS(=O)(=O)c2ccc(N)cc2C#N)c1. The molecule has 0 aliphatic rings. The van der Waals surface area contributed by atoms with Crippen molar-refractivity contribution in [1.29, 1.82) is 5.26 Å². The third kappa shape index (κ3) is 3.24. The van der Waals surface area contributed by atoms with Gasteiger partial charge in [-0.2, -0.15) is 5.26 Å². The van der Waals surface area contributed by atoms with Crippen LogP contribution in [0.25, 0.3) is 0 Å². The molecule has 0 fully saturated rings. The summed E-state index contributed by atoms with van der Waals surface area (Å²) >= 11 is 0. The molecule has 0 atom stereocenters. The van der Waals surface area contributed by atoms with Gasteiger partial charge in [-0.1, -0.05) is 6.07 Å². The summed E-state index contributed by atoms with van der Waals surface area (Å²) in [6.45, 7) is 0. The second-order valence-electron chi connectivity index (χ2n) is 4.20. The van der Waals surface area contributed by atoms with Crippen molar-refractivity contribution in [2.45, 2.75) is 4.90 Å². The number of nitrogens with zero attached hydrogens (tertiary/aromatic N) is 1. The fourth-order valence-electron chi connectivity index (χ4n) is 1.77. The number of nitrogen functional groups attached to an aromatic ring is 1. The Hall–Kier alpha value is -2.72. The molecule has 0 unspecified atom stereocenters. The molecular weight excluding hydrogens is 290 g/mol. The standard InChI is InChI=1S/C14H13N3O3S/c1-20-13-4-2-3-12(8-13)17-21(18,19)14-6-5-11(16)7-10(14)9-15/h2-8,17H,16H2,1H3. The summed E-state index contributed by atoms with van der Waals surface area (Å²) in [5.74, 6) is 0.521. The van der Waals surface area contributed by atoms with E-state index in [9.17, 15) is 8.42 Å². The molecule has 0 bridgehead atoms. The molecule has 108 valence electrons. The van der Waals surface area contributed by atoms with Crippen LogP contribution in [0.5, 0.6) is 5.75 Å². The Bertz CT molecular complexity index is 810. The number of benzene rings is 2. The van der Waals surface area contributed by atoms with Crippen LogP contribution in [0.15, 0.2) is 47.4 Å². The van der Waals surface area contributed by atoms with Crippen LogP contribution in [0.3, 0.4) is 0 Å². The zero-order chi connectivity index (χ0) is 15.5. The second-order valence-corrected chi connectivity index (χ2v) is 5.86. The van der Waals surface area contributed by atoms with Crippen LogP contribution in [0, 0.1) is 11.3 Å². The maximum Gasteiger partial charge on any atom is 0.263 e. The van der Waals surface area contributed by atoms with E-state index in [0.29, 0.717) is 17.1 Å². The van der Waals surface area contributed by atoms with Crippen LogP contribution in [-0.4, -0.2) is 15.5 Å². The predicted molar refractivity (Wildman–Crippen MR) is 79.4 cm³/mol. The van der Waals surface area contributed by atoms with Gasteiger partial charge in [-0.25, -0.2) is 8.42 Å². The van der Waals surface area contributed by atoms with E-state index in [1.165, 1.54) is 25.3 Å². The molecule has 3 N–H and O–H groups in total. The number of nitrogens with two attached hydrogens (primary N) is 1. The lowest BCUT2D eigenvalue weighted by Gasteiger charge is -2.10. The van der Waals surface area contributed by atoms with E-state index in [-0.39, 0.29) is 10.5 Å². The Balaban J connectivity index is 2.41. The molecule has 7 heteroatoms. The van der Waals surface area contributed by atoms with Crippen molar-refractivity contribution in [2.75, 3.05) is 17.6 Å². The van der Waals surface area contributed by atoms with E-state index in [4.69, 9.17) is 15.7 Å². The summed E-state index contributed by atoms with van der Waals surface area (Å²) in [6, 6.07) is 12.4. The molecule has 2 aromatic rings. The Morgan fingerprint density at radius 2 is 2.00 bits per heavy atom. The van der Waals surface area contributed by atoms with E-state index in [0.717, 1.165) is 0 Å². The number of rotatable bonds is 4. The number of methoxy groups -OCH3 is 1. The van der Waals surface area contributed by atoms with Crippen LogP contribution in [0.1, 0.15) is 5.56 Å². The van der Waals surface area contributed by atoms with Crippen LogP contribution in [-0.2, 0) is 10.0 Å². The smallest absolute Gasteiger partial charge is 0.263 e. The summed E-state index contributed by atoms with van der Waals surface area (Å²) in [4.78, 5) is -0.123. The number of nitriles is 1. The van der Waals surface area contributed by atoms with Gasteiger partial charge in [0.1, 0.15) is 16.7 Å². The normalized spacial score (nSPS) is 10.7. The lowest BCUT2D eigenvalue weighted by atomic mass is 10.2. The summed E-state index contributed by atoms with van der Waals surface area (Å²) in [7, 11) is -2.39. The maximum atomic E-state index is 12.3. The van der Waals surface area contributed by atoms with Crippen LogP contribution in [0.4, 0.5) is 11.4 Å².